The first kappa shape index (κ1) is 10.2. The predicted molar refractivity (Wildman–Crippen MR) is 58.9 cm³/mol. The van der Waals surface area contributed by atoms with E-state index >= 15 is 0 Å². The van der Waals surface area contributed by atoms with Gasteiger partial charge in [-0.1, -0.05) is 18.2 Å². The molecule has 0 spiro atoms. The Balaban J connectivity index is 2.37. The fraction of sp³-hybridized carbons (Fsp3) is 0.250. The maximum Gasteiger partial charge on any atom is 0.0948 e. The fourth-order valence-electron chi connectivity index (χ4n) is 0.906. The number of hydrogen-bond acceptors (Lipinski definition) is 2. The summed E-state index contributed by atoms with van der Waals surface area (Å²) in [6.45, 7) is 0.695. The number of terminal acetylenes is 1. The molecule has 0 saturated carbocycles. The average Bonchev–Trinajstić information content (AvgIpc) is 2.25. The molecule has 1 rings (SSSR count). The second-order valence-corrected chi connectivity index (χ2v) is 2.74. The van der Waals surface area contributed by atoms with Gasteiger partial charge >= 0.3 is 0 Å². The Hall–Kier alpha value is -1.84. The standard InChI is InChI=1S/C12H12N2/c1-2-3-7-10-13-11-14-12-8-5-4-6-9-12/h1,4-6,8-9H,3,7,10H2. The van der Waals surface area contributed by atoms with Crippen molar-refractivity contribution in [1.29, 1.82) is 0 Å². The number of hydrogen-bond donors (Lipinski definition) is 0. The van der Waals surface area contributed by atoms with E-state index in [-0.39, 0.29) is 0 Å². The zero-order valence-electron chi connectivity index (χ0n) is 7.98. The van der Waals surface area contributed by atoms with E-state index in [2.05, 4.69) is 21.9 Å². The summed E-state index contributed by atoms with van der Waals surface area (Å²) in [5.41, 5.74) is 0.869. The van der Waals surface area contributed by atoms with Crippen LogP contribution in [0.1, 0.15) is 12.8 Å². The molecular weight excluding hydrogens is 172 g/mol. The van der Waals surface area contributed by atoms with Gasteiger partial charge in [0.15, 0.2) is 0 Å². The van der Waals surface area contributed by atoms with Crippen molar-refractivity contribution in [2.45, 2.75) is 12.8 Å². The van der Waals surface area contributed by atoms with Gasteiger partial charge in [-0.15, -0.1) is 12.3 Å². The highest BCUT2D eigenvalue weighted by atomic mass is 14.8. The zero-order valence-corrected chi connectivity index (χ0v) is 7.98. The monoisotopic (exact) mass is 184 g/mol. The van der Waals surface area contributed by atoms with E-state index in [0.29, 0.717) is 6.54 Å². The average molecular weight is 184 g/mol. The third kappa shape index (κ3) is 4.25. The zero-order chi connectivity index (χ0) is 10.1. The summed E-state index contributed by atoms with van der Waals surface area (Å²) in [5, 5.41) is 0. The van der Waals surface area contributed by atoms with E-state index in [4.69, 9.17) is 6.42 Å². The molecule has 0 atom stereocenters. The first-order chi connectivity index (χ1) is 6.93. The number of unbranched alkanes of at least 4 members (excludes halogenated alkanes) is 1. The van der Waals surface area contributed by atoms with Crippen molar-refractivity contribution in [3.63, 3.8) is 0 Å². The molecule has 0 bridgehead atoms. The van der Waals surface area contributed by atoms with Gasteiger partial charge in [-0.2, -0.15) is 4.99 Å². The molecule has 0 aliphatic heterocycles. The summed E-state index contributed by atoms with van der Waals surface area (Å²) >= 11 is 0. The number of benzene rings is 1. The van der Waals surface area contributed by atoms with Crippen LogP contribution in [0.15, 0.2) is 40.3 Å². The van der Waals surface area contributed by atoms with Crippen molar-refractivity contribution < 1.29 is 0 Å². The Labute approximate surface area is 84.4 Å². The van der Waals surface area contributed by atoms with Crippen LogP contribution in [-0.2, 0) is 0 Å². The van der Waals surface area contributed by atoms with E-state index in [0.717, 1.165) is 18.5 Å². The lowest BCUT2D eigenvalue weighted by Crippen LogP contribution is -1.77. The molecule has 14 heavy (non-hydrogen) atoms. The van der Waals surface area contributed by atoms with Crippen LogP contribution in [0, 0.1) is 12.3 Å². The van der Waals surface area contributed by atoms with Gasteiger partial charge in [0.2, 0.25) is 0 Å². The van der Waals surface area contributed by atoms with Crippen LogP contribution in [-0.4, -0.2) is 12.6 Å². The van der Waals surface area contributed by atoms with E-state index in [1.807, 2.05) is 30.3 Å². The molecule has 0 heterocycles. The molecule has 0 fully saturated rings. The van der Waals surface area contributed by atoms with E-state index in [9.17, 15) is 0 Å². The van der Waals surface area contributed by atoms with Crippen LogP contribution in [0.25, 0.3) is 0 Å². The quantitative estimate of drug-likeness (QED) is 0.390. The van der Waals surface area contributed by atoms with Crippen molar-refractivity contribution in [3.8, 4) is 12.3 Å². The molecule has 2 nitrogen and oxygen atoms in total. The highest BCUT2D eigenvalue weighted by Gasteiger charge is 1.81. The van der Waals surface area contributed by atoms with Gasteiger partial charge < -0.3 is 0 Å². The lowest BCUT2D eigenvalue weighted by Gasteiger charge is -1.86. The van der Waals surface area contributed by atoms with Crippen molar-refractivity contribution in [1.82, 2.24) is 0 Å². The Bertz CT molecular complexity index is 354. The van der Waals surface area contributed by atoms with Crippen molar-refractivity contribution >= 4 is 11.7 Å². The molecule has 2 heteroatoms. The van der Waals surface area contributed by atoms with Gasteiger partial charge in [0.1, 0.15) is 0 Å². The predicted octanol–water partition coefficient (Wildman–Crippen LogP) is 2.91. The third-order valence-corrected chi connectivity index (χ3v) is 1.60. The molecule has 0 amide bonds. The molecule has 0 aromatic heterocycles. The number of para-hydroxylation sites is 1. The molecule has 0 aliphatic rings. The van der Waals surface area contributed by atoms with Crippen LogP contribution in [0.3, 0.4) is 0 Å². The number of nitrogens with zero attached hydrogens (tertiary/aromatic N) is 2. The third-order valence-electron chi connectivity index (χ3n) is 1.60. The highest BCUT2D eigenvalue weighted by Crippen LogP contribution is 2.07. The first-order valence-electron chi connectivity index (χ1n) is 4.54. The van der Waals surface area contributed by atoms with Gasteiger partial charge in [0.25, 0.3) is 0 Å². The van der Waals surface area contributed by atoms with E-state index in [1.54, 1.807) is 0 Å². The number of rotatable bonds is 4. The van der Waals surface area contributed by atoms with Gasteiger partial charge in [0.05, 0.1) is 18.2 Å². The Morgan fingerprint density at radius 3 is 2.71 bits per heavy atom. The number of aliphatic imine (C=N–C) groups is 2. The molecule has 0 aliphatic carbocycles. The lowest BCUT2D eigenvalue weighted by atomic mass is 10.3. The topological polar surface area (TPSA) is 24.7 Å². The van der Waals surface area contributed by atoms with Gasteiger partial charge in [-0.3, -0.25) is 0 Å². The van der Waals surface area contributed by atoms with Gasteiger partial charge in [-0.25, -0.2) is 4.99 Å². The van der Waals surface area contributed by atoms with Crippen LogP contribution < -0.4 is 0 Å². The summed E-state index contributed by atoms with van der Waals surface area (Å²) < 4.78 is 0. The van der Waals surface area contributed by atoms with E-state index < -0.39 is 0 Å². The SMILES string of the molecule is C#CCCCN=C=Nc1ccccc1. The smallest absolute Gasteiger partial charge is 0.0948 e. The van der Waals surface area contributed by atoms with Crippen molar-refractivity contribution in [2.75, 3.05) is 6.54 Å². The molecular formula is C12H12N2. The summed E-state index contributed by atoms with van der Waals surface area (Å²) in [5.74, 6) is 2.56. The maximum atomic E-state index is 5.10. The van der Waals surface area contributed by atoms with Crippen molar-refractivity contribution in [2.24, 2.45) is 9.98 Å². The minimum absolute atomic E-state index is 0.695. The Morgan fingerprint density at radius 2 is 2.00 bits per heavy atom. The maximum absolute atomic E-state index is 5.10. The second-order valence-electron chi connectivity index (χ2n) is 2.74. The summed E-state index contributed by atoms with van der Waals surface area (Å²) in [7, 11) is 0. The molecule has 0 unspecified atom stereocenters. The molecule has 0 radical (unpaired) electrons. The Morgan fingerprint density at radius 1 is 1.21 bits per heavy atom. The molecule has 0 saturated heterocycles. The molecule has 1 aromatic carbocycles. The van der Waals surface area contributed by atoms with Crippen LogP contribution in [0.2, 0.25) is 0 Å². The lowest BCUT2D eigenvalue weighted by molar-refractivity contribution is 0.874. The summed E-state index contributed by atoms with van der Waals surface area (Å²) in [6.07, 6.45) is 6.76. The fourth-order valence-corrected chi connectivity index (χ4v) is 0.906. The minimum atomic E-state index is 0.695. The van der Waals surface area contributed by atoms with Crippen LogP contribution in [0.5, 0.6) is 0 Å². The van der Waals surface area contributed by atoms with Gasteiger partial charge in [-0.05, 0) is 18.6 Å². The summed E-state index contributed by atoms with van der Waals surface area (Å²) in [6, 6.07) is 12.3. The molecule has 0 N–H and O–H groups in total. The Kier molecular flexibility index (Phi) is 4.87. The van der Waals surface area contributed by atoms with Crippen molar-refractivity contribution in [3.05, 3.63) is 30.3 Å². The minimum Gasteiger partial charge on any atom is -0.225 e. The largest absolute Gasteiger partial charge is 0.225 e. The highest BCUT2D eigenvalue weighted by molar-refractivity contribution is 5.51. The first-order valence-corrected chi connectivity index (χ1v) is 4.54. The molecule has 1 aromatic rings. The van der Waals surface area contributed by atoms with Crippen LogP contribution >= 0.6 is 0 Å². The van der Waals surface area contributed by atoms with Crippen LogP contribution in [0.4, 0.5) is 5.69 Å². The van der Waals surface area contributed by atoms with E-state index in [1.165, 1.54) is 0 Å². The summed E-state index contributed by atoms with van der Waals surface area (Å²) in [4.78, 5) is 8.03. The molecule has 70 valence electrons. The van der Waals surface area contributed by atoms with Gasteiger partial charge in [0, 0.05) is 6.42 Å². The second kappa shape index (κ2) is 6.65. The normalized spacial score (nSPS) is 8.50.